The van der Waals surface area contributed by atoms with E-state index in [4.69, 9.17) is 5.73 Å². The standard InChI is InChI=1S/C12H13NS/c13-12-3-1-2-10(8-12)4-5-11-6-7-14-9-11/h1-3,6-9H,4-5,13H2. The largest absolute Gasteiger partial charge is 0.399 e. The van der Waals surface area contributed by atoms with Crippen molar-refractivity contribution in [3.05, 3.63) is 52.2 Å². The summed E-state index contributed by atoms with van der Waals surface area (Å²) in [7, 11) is 0. The Morgan fingerprint density at radius 2 is 1.93 bits per heavy atom. The van der Waals surface area contributed by atoms with Gasteiger partial charge in [0.25, 0.3) is 0 Å². The van der Waals surface area contributed by atoms with Crippen LogP contribution in [0.25, 0.3) is 0 Å². The molecule has 0 aliphatic carbocycles. The predicted molar refractivity (Wildman–Crippen MR) is 62.6 cm³/mol. The summed E-state index contributed by atoms with van der Waals surface area (Å²) in [5.74, 6) is 0. The molecule has 0 radical (unpaired) electrons. The molecule has 0 aliphatic heterocycles. The van der Waals surface area contributed by atoms with Gasteiger partial charge in [0.15, 0.2) is 0 Å². The summed E-state index contributed by atoms with van der Waals surface area (Å²) in [6.07, 6.45) is 2.18. The fourth-order valence-electron chi connectivity index (χ4n) is 1.47. The van der Waals surface area contributed by atoms with Gasteiger partial charge in [-0.25, -0.2) is 0 Å². The van der Waals surface area contributed by atoms with Crippen molar-refractivity contribution in [2.75, 3.05) is 5.73 Å². The molecule has 2 aromatic rings. The molecule has 2 rings (SSSR count). The zero-order chi connectivity index (χ0) is 9.80. The molecule has 0 aliphatic rings. The van der Waals surface area contributed by atoms with Crippen molar-refractivity contribution in [3.8, 4) is 0 Å². The van der Waals surface area contributed by atoms with Gasteiger partial charge in [0.2, 0.25) is 0 Å². The average molecular weight is 203 g/mol. The molecule has 0 bridgehead atoms. The first-order valence-electron chi connectivity index (χ1n) is 4.70. The third-order valence-electron chi connectivity index (χ3n) is 2.23. The second-order valence-corrected chi connectivity index (χ2v) is 4.16. The summed E-state index contributed by atoms with van der Waals surface area (Å²) >= 11 is 1.75. The Bertz CT molecular complexity index is 392. The van der Waals surface area contributed by atoms with Crippen LogP contribution in [-0.2, 0) is 12.8 Å². The van der Waals surface area contributed by atoms with Gasteiger partial charge < -0.3 is 5.73 Å². The second-order valence-electron chi connectivity index (χ2n) is 3.38. The van der Waals surface area contributed by atoms with Gasteiger partial charge in [-0.3, -0.25) is 0 Å². The maximum atomic E-state index is 5.71. The minimum absolute atomic E-state index is 0.854. The van der Waals surface area contributed by atoms with E-state index in [0.29, 0.717) is 0 Å². The van der Waals surface area contributed by atoms with Gasteiger partial charge >= 0.3 is 0 Å². The van der Waals surface area contributed by atoms with E-state index in [-0.39, 0.29) is 0 Å². The van der Waals surface area contributed by atoms with E-state index in [1.54, 1.807) is 11.3 Å². The van der Waals surface area contributed by atoms with E-state index < -0.39 is 0 Å². The van der Waals surface area contributed by atoms with E-state index >= 15 is 0 Å². The lowest BCUT2D eigenvalue weighted by Crippen LogP contribution is -1.91. The zero-order valence-electron chi connectivity index (χ0n) is 7.94. The third kappa shape index (κ3) is 2.36. The number of aryl methyl sites for hydroxylation is 2. The minimum Gasteiger partial charge on any atom is -0.399 e. The number of anilines is 1. The molecule has 0 spiro atoms. The Balaban J connectivity index is 1.98. The maximum Gasteiger partial charge on any atom is 0.0316 e. The Morgan fingerprint density at radius 1 is 1.07 bits per heavy atom. The van der Waals surface area contributed by atoms with Crippen LogP contribution >= 0.6 is 11.3 Å². The van der Waals surface area contributed by atoms with Crippen molar-refractivity contribution in [3.63, 3.8) is 0 Å². The molecule has 0 atom stereocenters. The minimum atomic E-state index is 0.854. The zero-order valence-corrected chi connectivity index (χ0v) is 8.76. The first kappa shape index (κ1) is 9.28. The molecule has 0 unspecified atom stereocenters. The van der Waals surface area contributed by atoms with Crippen LogP contribution in [0.3, 0.4) is 0 Å². The van der Waals surface area contributed by atoms with Crippen LogP contribution in [0.15, 0.2) is 41.1 Å². The summed E-state index contributed by atoms with van der Waals surface area (Å²) < 4.78 is 0. The molecule has 0 fully saturated rings. The van der Waals surface area contributed by atoms with Crippen LogP contribution in [0, 0.1) is 0 Å². The van der Waals surface area contributed by atoms with Gasteiger partial charge in [0.1, 0.15) is 0 Å². The highest BCUT2D eigenvalue weighted by Crippen LogP contribution is 2.12. The Hall–Kier alpha value is -1.28. The fraction of sp³-hybridized carbons (Fsp3) is 0.167. The first-order valence-corrected chi connectivity index (χ1v) is 5.64. The number of nitrogen functional groups attached to an aromatic ring is 1. The molecule has 0 amide bonds. The highest BCUT2D eigenvalue weighted by Gasteiger charge is 1.96. The normalized spacial score (nSPS) is 10.3. The highest BCUT2D eigenvalue weighted by molar-refractivity contribution is 7.07. The molecule has 1 aromatic heterocycles. The molecule has 2 heteroatoms. The summed E-state index contributed by atoms with van der Waals surface area (Å²) in [6, 6.07) is 10.3. The first-order chi connectivity index (χ1) is 6.84. The molecule has 72 valence electrons. The van der Waals surface area contributed by atoms with Crippen molar-refractivity contribution < 1.29 is 0 Å². The summed E-state index contributed by atoms with van der Waals surface area (Å²) in [5, 5.41) is 4.32. The van der Waals surface area contributed by atoms with Crippen molar-refractivity contribution in [2.24, 2.45) is 0 Å². The van der Waals surface area contributed by atoms with Crippen LogP contribution in [0.5, 0.6) is 0 Å². The van der Waals surface area contributed by atoms with Crippen molar-refractivity contribution >= 4 is 17.0 Å². The van der Waals surface area contributed by atoms with Crippen molar-refractivity contribution in [2.45, 2.75) is 12.8 Å². The lowest BCUT2D eigenvalue weighted by atomic mass is 10.1. The number of rotatable bonds is 3. The summed E-state index contributed by atoms with van der Waals surface area (Å²) in [4.78, 5) is 0. The van der Waals surface area contributed by atoms with Crippen LogP contribution in [0.1, 0.15) is 11.1 Å². The van der Waals surface area contributed by atoms with Crippen LogP contribution in [-0.4, -0.2) is 0 Å². The Morgan fingerprint density at radius 3 is 2.64 bits per heavy atom. The van der Waals surface area contributed by atoms with Crippen molar-refractivity contribution in [1.29, 1.82) is 0 Å². The van der Waals surface area contributed by atoms with Gasteiger partial charge in [-0.05, 0) is 52.9 Å². The van der Waals surface area contributed by atoms with E-state index in [1.165, 1.54) is 11.1 Å². The Kier molecular flexibility index (Phi) is 2.84. The van der Waals surface area contributed by atoms with Crippen LogP contribution in [0.4, 0.5) is 5.69 Å². The molecule has 0 saturated carbocycles. The molecule has 1 aromatic carbocycles. The average Bonchev–Trinajstić information content (AvgIpc) is 2.67. The second kappa shape index (κ2) is 4.29. The number of benzene rings is 1. The Labute approximate surface area is 88.2 Å². The molecule has 1 heterocycles. The highest BCUT2D eigenvalue weighted by atomic mass is 32.1. The summed E-state index contributed by atoms with van der Waals surface area (Å²) in [5.41, 5.74) is 9.29. The lowest BCUT2D eigenvalue weighted by molar-refractivity contribution is 0.966. The molecule has 2 N–H and O–H groups in total. The molecular weight excluding hydrogens is 190 g/mol. The van der Waals surface area contributed by atoms with E-state index in [1.807, 2.05) is 18.2 Å². The summed E-state index contributed by atoms with van der Waals surface area (Å²) in [6.45, 7) is 0. The van der Waals surface area contributed by atoms with Gasteiger partial charge in [-0.15, -0.1) is 0 Å². The van der Waals surface area contributed by atoms with Crippen molar-refractivity contribution in [1.82, 2.24) is 0 Å². The quantitative estimate of drug-likeness (QED) is 0.762. The van der Waals surface area contributed by atoms with E-state index in [9.17, 15) is 0 Å². The molecular formula is C12H13NS. The third-order valence-corrected chi connectivity index (χ3v) is 2.97. The SMILES string of the molecule is Nc1cccc(CCc2ccsc2)c1. The topological polar surface area (TPSA) is 26.0 Å². The number of hydrogen-bond donors (Lipinski definition) is 1. The van der Waals surface area contributed by atoms with Gasteiger partial charge in [-0.1, -0.05) is 12.1 Å². The molecule has 0 saturated heterocycles. The van der Waals surface area contributed by atoms with Crippen LogP contribution < -0.4 is 5.73 Å². The van der Waals surface area contributed by atoms with Gasteiger partial charge in [0, 0.05) is 5.69 Å². The smallest absolute Gasteiger partial charge is 0.0316 e. The maximum absolute atomic E-state index is 5.71. The molecule has 14 heavy (non-hydrogen) atoms. The van der Waals surface area contributed by atoms with E-state index in [2.05, 4.69) is 22.9 Å². The predicted octanol–water partition coefficient (Wildman–Crippen LogP) is 3.12. The van der Waals surface area contributed by atoms with Gasteiger partial charge in [0.05, 0.1) is 0 Å². The lowest BCUT2D eigenvalue weighted by Gasteiger charge is -2.00. The number of hydrogen-bond acceptors (Lipinski definition) is 2. The number of nitrogens with two attached hydrogens (primary N) is 1. The van der Waals surface area contributed by atoms with Gasteiger partial charge in [-0.2, -0.15) is 11.3 Å². The molecule has 1 nitrogen and oxygen atoms in total. The fourth-order valence-corrected chi connectivity index (χ4v) is 2.18. The van der Waals surface area contributed by atoms with E-state index in [0.717, 1.165) is 18.5 Å². The van der Waals surface area contributed by atoms with Crippen LogP contribution in [0.2, 0.25) is 0 Å². The number of thiophene rings is 1. The monoisotopic (exact) mass is 203 g/mol.